The molecule has 0 aromatic heterocycles. The summed E-state index contributed by atoms with van der Waals surface area (Å²) in [6.07, 6.45) is 37.7. The predicted octanol–water partition coefficient (Wildman–Crippen LogP) is 11.3. The molecule has 0 N–H and O–H groups in total. The Morgan fingerprint density at radius 1 is 0.585 bits per heavy atom. The minimum Gasteiger partial charge on any atom is -0.756 e. The highest BCUT2D eigenvalue weighted by Gasteiger charge is 2.21. The molecule has 10 heteroatoms. The molecular weight excluding hydrogens is 689 g/mol. The van der Waals surface area contributed by atoms with Gasteiger partial charge in [0, 0.05) is 12.8 Å². The molecule has 0 radical (unpaired) electrons. The average molecular weight is 772 g/mol. The van der Waals surface area contributed by atoms with Gasteiger partial charge >= 0.3 is 11.9 Å². The highest BCUT2D eigenvalue weighted by atomic mass is 31.2. The van der Waals surface area contributed by atoms with E-state index in [0.717, 1.165) is 51.4 Å². The summed E-state index contributed by atoms with van der Waals surface area (Å²) in [6, 6.07) is 0. The third-order valence-corrected chi connectivity index (χ3v) is 10.2. The normalized spacial score (nSPS) is 13.8. The lowest BCUT2D eigenvalue weighted by Crippen LogP contribution is -2.37. The van der Waals surface area contributed by atoms with Crippen LogP contribution in [-0.2, 0) is 32.7 Å². The lowest BCUT2D eigenvalue weighted by molar-refractivity contribution is -0.870. The maximum atomic E-state index is 12.6. The van der Waals surface area contributed by atoms with Gasteiger partial charge in [-0.25, -0.2) is 0 Å². The second kappa shape index (κ2) is 36.1. The summed E-state index contributed by atoms with van der Waals surface area (Å²) in [6.45, 7) is 4.19. The molecule has 1 unspecified atom stereocenters. The first-order chi connectivity index (χ1) is 25.5. The van der Waals surface area contributed by atoms with Gasteiger partial charge in [0.05, 0.1) is 27.7 Å². The molecule has 0 aromatic carbocycles. The molecule has 53 heavy (non-hydrogen) atoms. The van der Waals surface area contributed by atoms with E-state index in [4.69, 9.17) is 18.5 Å². The number of hydrogen-bond donors (Lipinski definition) is 0. The van der Waals surface area contributed by atoms with E-state index >= 15 is 0 Å². The van der Waals surface area contributed by atoms with Crippen molar-refractivity contribution in [3.05, 3.63) is 24.3 Å². The van der Waals surface area contributed by atoms with E-state index in [-0.39, 0.29) is 26.1 Å². The van der Waals surface area contributed by atoms with Crippen LogP contribution in [0.2, 0.25) is 0 Å². The number of phosphoric ester groups is 1. The van der Waals surface area contributed by atoms with Crippen LogP contribution in [0, 0.1) is 0 Å². The SMILES string of the molecule is CCCCC/C=C\C/C=C\CCCCCCCC(=O)OC[C@H](COP(=O)([O-])OCC[N+](C)(C)C)OC(=O)CCCCCCCCCCCCCCCC. The van der Waals surface area contributed by atoms with E-state index in [2.05, 4.69) is 38.2 Å². The second-order valence-corrected chi connectivity index (χ2v) is 17.1. The molecule has 0 saturated carbocycles. The fourth-order valence-electron chi connectivity index (χ4n) is 5.80. The molecule has 0 bridgehead atoms. The van der Waals surface area contributed by atoms with Gasteiger partial charge < -0.3 is 27.9 Å². The van der Waals surface area contributed by atoms with Crippen LogP contribution in [0.1, 0.15) is 187 Å². The van der Waals surface area contributed by atoms with E-state index in [9.17, 15) is 19.0 Å². The van der Waals surface area contributed by atoms with Gasteiger partial charge in [-0.05, 0) is 44.9 Å². The Labute approximate surface area is 326 Å². The minimum absolute atomic E-state index is 0.0314. The van der Waals surface area contributed by atoms with Crippen LogP contribution >= 0.6 is 7.82 Å². The van der Waals surface area contributed by atoms with Crippen molar-refractivity contribution in [1.29, 1.82) is 0 Å². The number of esters is 2. The van der Waals surface area contributed by atoms with Gasteiger partial charge in [0.25, 0.3) is 7.82 Å². The zero-order valence-electron chi connectivity index (χ0n) is 35.0. The molecule has 0 heterocycles. The maximum Gasteiger partial charge on any atom is 0.306 e. The molecule has 0 saturated heterocycles. The highest BCUT2D eigenvalue weighted by Crippen LogP contribution is 2.38. The standard InChI is InChI=1S/C43H82NO8P/c1-6-8-10-12-14-16-18-20-22-24-25-27-29-31-33-35-42(45)49-39-41(40-51-53(47,48)50-38-37-44(3,4)5)52-43(46)36-34-32-30-28-26-23-21-19-17-15-13-11-9-7-2/h14,16,20,22,41H,6-13,15,17-19,21,23-40H2,1-5H3/b16-14-,22-20-/t41-/m1/s1. The number of hydrogen-bond acceptors (Lipinski definition) is 8. The Hall–Kier alpha value is -1.51. The van der Waals surface area contributed by atoms with Crippen LogP contribution in [0.4, 0.5) is 0 Å². The Balaban J connectivity index is 4.38. The van der Waals surface area contributed by atoms with Crippen LogP contribution in [-0.4, -0.2) is 70.0 Å². The number of carbonyl (C=O) groups excluding carboxylic acids is 2. The van der Waals surface area contributed by atoms with Crippen molar-refractivity contribution in [2.24, 2.45) is 0 Å². The zero-order chi connectivity index (χ0) is 39.3. The largest absolute Gasteiger partial charge is 0.756 e. The summed E-state index contributed by atoms with van der Waals surface area (Å²) >= 11 is 0. The lowest BCUT2D eigenvalue weighted by atomic mass is 10.0. The van der Waals surface area contributed by atoms with Crippen molar-refractivity contribution in [3.63, 3.8) is 0 Å². The van der Waals surface area contributed by atoms with Gasteiger partial charge in [-0.3, -0.25) is 14.2 Å². The number of ether oxygens (including phenoxy) is 2. The third-order valence-electron chi connectivity index (χ3n) is 9.22. The first kappa shape index (κ1) is 51.5. The molecule has 0 aliphatic heterocycles. The van der Waals surface area contributed by atoms with E-state index < -0.39 is 32.5 Å². The van der Waals surface area contributed by atoms with Crippen LogP contribution in [0.25, 0.3) is 0 Å². The van der Waals surface area contributed by atoms with Crippen molar-refractivity contribution in [2.45, 2.75) is 193 Å². The quantitative estimate of drug-likeness (QED) is 0.0200. The smallest absolute Gasteiger partial charge is 0.306 e. The second-order valence-electron chi connectivity index (χ2n) is 15.7. The first-order valence-electron chi connectivity index (χ1n) is 21.5. The topological polar surface area (TPSA) is 111 Å². The molecular formula is C43H82NO8P. The number of likely N-dealkylation sites (N-methyl/N-ethyl adjacent to an activating group) is 1. The van der Waals surface area contributed by atoms with Gasteiger partial charge in [0.1, 0.15) is 19.8 Å². The van der Waals surface area contributed by atoms with E-state index in [1.54, 1.807) is 0 Å². The highest BCUT2D eigenvalue weighted by molar-refractivity contribution is 7.45. The van der Waals surface area contributed by atoms with E-state index in [1.165, 1.54) is 96.3 Å². The van der Waals surface area contributed by atoms with E-state index in [1.807, 2.05) is 21.1 Å². The Kier molecular flexibility index (Phi) is 35.1. The van der Waals surface area contributed by atoms with Gasteiger partial charge in [0.2, 0.25) is 0 Å². The molecule has 0 rings (SSSR count). The summed E-state index contributed by atoms with van der Waals surface area (Å²) < 4.78 is 33.9. The number of unbranched alkanes of at least 4 members (excludes halogenated alkanes) is 21. The van der Waals surface area contributed by atoms with Crippen LogP contribution < -0.4 is 4.89 Å². The minimum atomic E-state index is -4.62. The van der Waals surface area contributed by atoms with Crippen molar-refractivity contribution in [1.82, 2.24) is 0 Å². The first-order valence-corrected chi connectivity index (χ1v) is 23.0. The maximum absolute atomic E-state index is 12.6. The molecule has 0 amide bonds. The van der Waals surface area contributed by atoms with Gasteiger partial charge in [-0.1, -0.05) is 154 Å². The zero-order valence-corrected chi connectivity index (χ0v) is 35.9. The lowest BCUT2D eigenvalue weighted by Gasteiger charge is -2.28. The summed E-state index contributed by atoms with van der Waals surface area (Å²) in [5, 5.41) is 0. The van der Waals surface area contributed by atoms with Crippen molar-refractivity contribution >= 4 is 19.8 Å². The molecule has 312 valence electrons. The number of rotatable bonds is 39. The van der Waals surface area contributed by atoms with Crippen LogP contribution in [0.5, 0.6) is 0 Å². The Bertz CT molecular complexity index is 964. The number of phosphoric acid groups is 1. The van der Waals surface area contributed by atoms with Crippen molar-refractivity contribution in [3.8, 4) is 0 Å². The molecule has 2 atom stereocenters. The molecule has 0 fully saturated rings. The van der Waals surface area contributed by atoms with Gasteiger partial charge in [-0.15, -0.1) is 0 Å². The Morgan fingerprint density at radius 2 is 1.02 bits per heavy atom. The fraction of sp³-hybridized carbons (Fsp3) is 0.860. The molecule has 0 aliphatic rings. The fourth-order valence-corrected chi connectivity index (χ4v) is 6.53. The monoisotopic (exact) mass is 772 g/mol. The summed E-state index contributed by atoms with van der Waals surface area (Å²) in [4.78, 5) is 37.5. The van der Waals surface area contributed by atoms with Crippen molar-refractivity contribution < 1.29 is 42.1 Å². The summed E-state index contributed by atoms with van der Waals surface area (Å²) in [5.74, 6) is -0.845. The molecule has 0 aliphatic carbocycles. The third kappa shape index (κ3) is 40.0. The number of carbonyl (C=O) groups is 2. The summed E-state index contributed by atoms with van der Waals surface area (Å²) in [7, 11) is 1.16. The van der Waals surface area contributed by atoms with Crippen molar-refractivity contribution in [2.75, 3.05) is 47.5 Å². The van der Waals surface area contributed by atoms with Crippen LogP contribution in [0.15, 0.2) is 24.3 Å². The van der Waals surface area contributed by atoms with Gasteiger partial charge in [-0.2, -0.15) is 0 Å². The Morgan fingerprint density at radius 3 is 1.53 bits per heavy atom. The predicted molar refractivity (Wildman–Crippen MR) is 218 cm³/mol. The van der Waals surface area contributed by atoms with Gasteiger partial charge in [0.15, 0.2) is 6.10 Å². The average Bonchev–Trinajstić information content (AvgIpc) is 3.10. The molecule has 0 spiro atoms. The number of nitrogens with zero attached hydrogens (tertiary/aromatic N) is 1. The van der Waals surface area contributed by atoms with Crippen LogP contribution in [0.3, 0.4) is 0 Å². The molecule has 9 nitrogen and oxygen atoms in total. The summed E-state index contributed by atoms with van der Waals surface area (Å²) in [5.41, 5.74) is 0. The molecule has 0 aromatic rings. The number of allylic oxidation sites excluding steroid dienone is 4. The number of quaternary nitrogens is 1. The van der Waals surface area contributed by atoms with E-state index in [0.29, 0.717) is 23.9 Å².